The Bertz CT molecular complexity index is 436. The van der Waals surface area contributed by atoms with Crippen LogP contribution in [0.3, 0.4) is 0 Å². The SMILES string of the molecule is Cc1cc(F)ccc1CC(NN)C1C2CCCC21. The molecule has 0 amide bonds. The molecular weight excluding hydrogens is 227 g/mol. The van der Waals surface area contributed by atoms with Gasteiger partial charge in [0, 0.05) is 6.04 Å². The van der Waals surface area contributed by atoms with Gasteiger partial charge in [-0.25, -0.2) is 4.39 Å². The van der Waals surface area contributed by atoms with Crippen LogP contribution < -0.4 is 11.3 Å². The quantitative estimate of drug-likeness (QED) is 0.635. The summed E-state index contributed by atoms with van der Waals surface area (Å²) in [5, 5.41) is 0. The van der Waals surface area contributed by atoms with Crippen LogP contribution in [0, 0.1) is 30.5 Å². The second-order valence-electron chi connectivity index (χ2n) is 5.88. The zero-order chi connectivity index (χ0) is 12.7. The molecule has 0 heterocycles. The second-order valence-corrected chi connectivity index (χ2v) is 5.88. The van der Waals surface area contributed by atoms with Crippen LogP contribution in [0.15, 0.2) is 18.2 Å². The molecule has 2 saturated carbocycles. The molecule has 1 aromatic rings. The first kappa shape index (κ1) is 12.1. The van der Waals surface area contributed by atoms with Crippen molar-refractivity contribution in [2.45, 2.75) is 38.6 Å². The Kier molecular flexibility index (Phi) is 3.12. The minimum atomic E-state index is -0.156. The van der Waals surface area contributed by atoms with Crippen molar-refractivity contribution in [3.05, 3.63) is 35.1 Å². The summed E-state index contributed by atoms with van der Waals surface area (Å²) in [6.45, 7) is 1.97. The van der Waals surface area contributed by atoms with Crippen LogP contribution in [0.5, 0.6) is 0 Å². The van der Waals surface area contributed by atoms with Gasteiger partial charge in [-0.2, -0.15) is 0 Å². The van der Waals surface area contributed by atoms with Gasteiger partial charge in [-0.3, -0.25) is 11.3 Å². The van der Waals surface area contributed by atoms with E-state index in [9.17, 15) is 4.39 Å². The molecule has 0 saturated heterocycles. The average Bonchev–Trinajstić information content (AvgIpc) is 2.82. The van der Waals surface area contributed by atoms with Crippen molar-refractivity contribution in [1.82, 2.24) is 5.43 Å². The molecule has 1 aromatic carbocycles. The van der Waals surface area contributed by atoms with Crippen molar-refractivity contribution < 1.29 is 4.39 Å². The monoisotopic (exact) mass is 248 g/mol. The summed E-state index contributed by atoms with van der Waals surface area (Å²) >= 11 is 0. The van der Waals surface area contributed by atoms with Crippen LogP contribution in [0.25, 0.3) is 0 Å². The smallest absolute Gasteiger partial charge is 0.123 e. The van der Waals surface area contributed by atoms with E-state index in [1.165, 1.54) is 24.8 Å². The summed E-state index contributed by atoms with van der Waals surface area (Å²) < 4.78 is 13.1. The Labute approximate surface area is 108 Å². The molecule has 0 radical (unpaired) electrons. The second kappa shape index (κ2) is 4.63. The van der Waals surface area contributed by atoms with Crippen LogP contribution in [0.2, 0.25) is 0 Å². The summed E-state index contributed by atoms with van der Waals surface area (Å²) in [4.78, 5) is 0. The zero-order valence-electron chi connectivity index (χ0n) is 10.8. The number of nitrogens with two attached hydrogens (primary N) is 1. The number of hydrazine groups is 1. The fourth-order valence-corrected chi connectivity index (χ4v) is 3.91. The summed E-state index contributed by atoms with van der Waals surface area (Å²) in [7, 11) is 0. The largest absolute Gasteiger partial charge is 0.271 e. The standard InChI is InChI=1S/C15H21FN2/c1-9-7-11(16)6-5-10(9)8-14(18-17)15-12-3-2-4-13(12)15/h5-7,12-15,18H,2-4,8,17H2,1H3. The molecule has 0 aromatic heterocycles. The lowest BCUT2D eigenvalue weighted by molar-refractivity contribution is 0.409. The van der Waals surface area contributed by atoms with Crippen LogP contribution in [-0.4, -0.2) is 6.04 Å². The first-order valence-corrected chi connectivity index (χ1v) is 6.92. The van der Waals surface area contributed by atoms with E-state index in [0.29, 0.717) is 6.04 Å². The maximum Gasteiger partial charge on any atom is 0.123 e. The Morgan fingerprint density at radius 3 is 2.72 bits per heavy atom. The summed E-state index contributed by atoms with van der Waals surface area (Å²) in [6.07, 6.45) is 5.05. The molecule has 2 nitrogen and oxygen atoms in total. The highest BCUT2D eigenvalue weighted by Gasteiger charge is 2.55. The van der Waals surface area contributed by atoms with Crippen molar-refractivity contribution in [2.24, 2.45) is 23.6 Å². The van der Waals surface area contributed by atoms with Crippen LogP contribution >= 0.6 is 0 Å². The number of fused-ring (bicyclic) bond motifs is 1. The third-order valence-electron chi connectivity index (χ3n) is 4.90. The minimum Gasteiger partial charge on any atom is -0.271 e. The predicted octanol–water partition coefficient (Wildman–Crippen LogP) is 2.55. The summed E-state index contributed by atoms with van der Waals surface area (Å²) in [6, 6.07) is 5.40. The molecule has 3 unspecified atom stereocenters. The lowest BCUT2D eigenvalue weighted by Crippen LogP contribution is -2.39. The van der Waals surface area contributed by atoms with Gasteiger partial charge in [0.1, 0.15) is 5.82 Å². The normalized spacial score (nSPS) is 31.2. The highest BCUT2D eigenvalue weighted by atomic mass is 19.1. The number of hydrogen-bond donors (Lipinski definition) is 2. The molecular formula is C15H21FN2. The first-order chi connectivity index (χ1) is 8.70. The maximum absolute atomic E-state index is 13.1. The van der Waals surface area contributed by atoms with Gasteiger partial charge in [-0.15, -0.1) is 0 Å². The summed E-state index contributed by atoms with van der Waals surface area (Å²) in [5.74, 6) is 8.10. The molecule has 2 aliphatic carbocycles. The molecule has 0 aliphatic heterocycles. The topological polar surface area (TPSA) is 38.0 Å². The number of rotatable bonds is 4. The third-order valence-corrected chi connectivity index (χ3v) is 4.90. The van der Waals surface area contributed by atoms with E-state index in [0.717, 1.165) is 29.7 Å². The van der Waals surface area contributed by atoms with Gasteiger partial charge in [0.15, 0.2) is 0 Å². The van der Waals surface area contributed by atoms with Crippen molar-refractivity contribution in [1.29, 1.82) is 0 Å². The highest BCUT2D eigenvalue weighted by molar-refractivity contribution is 5.28. The molecule has 2 fully saturated rings. The molecule has 0 spiro atoms. The van der Waals surface area contributed by atoms with Crippen LogP contribution in [0.1, 0.15) is 30.4 Å². The van der Waals surface area contributed by atoms with Gasteiger partial charge in [0.05, 0.1) is 0 Å². The van der Waals surface area contributed by atoms with Crippen LogP contribution in [-0.2, 0) is 6.42 Å². The van der Waals surface area contributed by atoms with E-state index < -0.39 is 0 Å². The lowest BCUT2D eigenvalue weighted by Gasteiger charge is -2.19. The van der Waals surface area contributed by atoms with Crippen molar-refractivity contribution in [2.75, 3.05) is 0 Å². The van der Waals surface area contributed by atoms with Gasteiger partial charge in [-0.1, -0.05) is 12.5 Å². The van der Waals surface area contributed by atoms with Crippen molar-refractivity contribution in [3.8, 4) is 0 Å². The lowest BCUT2D eigenvalue weighted by atomic mass is 9.95. The first-order valence-electron chi connectivity index (χ1n) is 6.92. The molecule has 0 bridgehead atoms. The maximum atomic E-state index is 13.1. The Balaban J connectivity index is 1.70. The van der Waals surface area contributed by atoms with E-state index in [2.05, 4.69) is 5.43 Å². The Morgan fingerprint density at radius 2 is 2.11 bits per heavy atom. The predicted molar refractivity (Wildman–Crippen MR) is 70.3 cm³/mol. The van der Waals surface area contributed by atoms with Gasteiger partial charge in [-0.05, 0) is 67.2 Å². The van der Waals surface area contributed by atoms with Gasteiger partial charge >= 0.3 is 0 Å². The van der Waals surface area contributed by atoms with E-state index >= 15 is 0 Å². The van der Waals surface area contributed by atoms with Crippen LogP contribution in [0.4, 0.5) is 4.39 Å². The van der Waals surface area contributed by atoms with E-state index in [1.807, 2.05) is 13.0 Å². The van der Waals surface area contributed by atoms with Crippen molar-refractivity contribution in [3.63, 3.8) is 0 Å². The minimum absolute atomic E-state index is 0.156. The van der Waals surface area contributed by atoms with Crippen molar-refractivity contribution >= 4 is 0 Å². The summed E-state index contributed by atoms with van der Waals surface area (Å²) in [5.41, 5.74) is 5.23. The number of hydrogen-bond acceptors (Lipinski definition) is 2. The van der Waals surface area contributed by atoms with E-state index in [1.54, 1.807) is 12.1 Å². The molecule has 98 valence electrons. The third kappa shape index (κ3) is 2.06. The molecule has 3 N–H and O–H groups in total. The average molecular weight is 248 g/mol. The van der Waals surface area contributed by atoms with Gasteiger partial charge in [0.25, 0.3) is 0 Å². The van der Waals surface area contributed by atoms with Gasteiger partial charge < -0.3 is 0 Å². The molecule has 18 heavy (non-hydrogen) atoms. The molecule has 2 aliphatic rings. The zero-order valence-corrected chi connectivity index (χ0v) is 10.8. The molecule has 3 heteroatoms. The number of halogens is 1. The Hall–Kier alpha value is -0.930. The Morgan fingerprint density at radius 1 is 1.39 bits per heavy atom. The van der Waals surface area contributed by atoms with E-state index in [4.69, 9.17) is 5.84 Å². The number of aryl methyl sites for hydroxylation is 1. The molecule has 3 rings (SSSR count). The fraction of sp³-hybridized carbons (Fsp3) is 0.600. The van der Waals surface area contributed by atoms with E-state index in [-0.39, 0.29) is 5.82 Å². The fourth-order valence-electron chi connectivity index (χ4n) is 3.91. The number of benzene rings is 1. The number of nitrogens with one attached hydrogen (secondary N) is 1. The highest BCUT2D eigenvalue weighted by Crippen LogP contribution is 2.59. The van der Waals surface area contributed by atoms with Gasteiger partial charge in [0.2, 0.25) is 0 Å². The molecule has 3 atom stereocenters.